The Morgan fingerprint density at radius 1 is 1.18 bits per heavy atom. The van der Waals surface area contributed by atoms with E-state index in [1.165, 1.54) is 5.56 Å². The maximum absolute atomic E-state index is 12.8. The maximum atomic E-state index is 12.8. The van der Waals surface area contributed by atoms with Crippen LogP contribution in [0.15, 0.2) is 30.3 Å². The van der Waals surface area contributed by atoms with Gasteiger partial charge in [-0.1, -0.05) is 37.3 Å². The topological polar surface area (TPSA) is 40.6 Å². The van der Waals surface area contributed by atoms with E-state index >= 15 is 0 Å². The average Bonchev–Trinajstić information content (AvgIpc) is 2.46. The summed E-state index contributed by atoms with van der Waals surface area (Å²) in [5, 5.41) is 0. The number of nitrogens with zero attached hydrogens (tertiary/aromatic N) is 2. The van der Waals surface area contributed by atoms with Crippen LogP contribution in [0.1, 0.15) is 33.3 Å². The number of benzene rings is 1. The van der Waals surface area contributed by atoms with Gasteiger partial charge in [-0.2, -0.15) is 0 Å². The van der Waals surface area contributed by atoms with E-state index in [4.69, 9.17) is 0 Å². The van der Waals surface area contributed by atoms with Gasteiger partial charge in [-0.3, -0.25) is 9.59 Å². The third-order valence-electron chi connectivity index (χ3n) is 4.42. The zero-order valence-electron chi connectivity index (χ0n) is 14.0. The van der Waals surface area contributed by atoms with Gasteiger partial charge >= 0.3 is 0 Å². The highest BCUT2D eigenvalue weighted by molar-refractivity contribution is 5.80. The number of rotatable bonds is 3. The van der Waals surface area contributed by atoms with Gasteiger partial charge in [0.1, 0.15) is 0 Å². The van der Waals surface area contributed by atoms with Crippen molar-refractivity contribution in [2.45, 2.75) is 39.7 Å². The summed E-state index contributed by atoms with van der Waals surface area (Å²) >= 11 is 0. The highest BCUT2D eigenvalue weighted by Crippen LogP contribution is 2.24. The Balaban J connectivity index is 2.04. The number of piperazine rings is 1. The predicted molar refractivity (Wildman–Crippen MR) is 87.4 cm³/mol. The molecule has 2 amide bonds. The third-order valence-corrected chi connectivity index (χ3v) is 4.42. The first-order chi connectivity index (χ1) is 10.3. The summed E-state index contributed by atoms with van der Waals surface area (Å²) in [5.41, 5.74) is 0.870. The van der Waals surface area contributed by atoms with E-state index in [1.807, 2.05) is 48.8 Å². The molecule has 1 heterocycles. The molecule has 0 radical (unpaired) electrons. The number of hydrogen-bond acceptors (Lipinski definition) is 2. The molecule has 0 aliphatic carbocycles. The van der Waals surface area contributed by atoms with Crippen LogP contribution in [0.4, 0.5) is 0 Å². The van der Waals surface area contributed by atoms with Crippen LogP contribution >= 0.6 is 0 Å². The molecule has 1 aromatic rings. The first-order valence-corrected chi connectivity index (χ1v) is 7.92. The quantitative estimate of drug-likeness (QED) is 0.860. The molecule has 1 saturated heterocycles. The van der Waals surface area contributed by atoms with E-state index in [9.17, 15) is 9.59 Å². The van der Waals surface area contributed by atoms with Gasteiger partial charge in [0, 0.05) is 32.5 Å². The lowest BCUT2D eigenvalue weighted by Gasteiger charge is -2.47. The van der Waals surface area contributed by atoms with Crippen molar-refractivity contribution in [3.8, 4) is 0 Å². The fourth-order valence-corrected chi connectivity index (χ4v) is 3.15. The van der Waals surface area contributed by atoms with Gasteiger partial charge in [0.15, 0.2) is 0 Å². The Bertz CT molecular complexity index is 539. The fourth-order valence-electron chi connectivity index (χ4n) is 3.15. The number of carbonyl (C=O) groups excluding carboxylic acids is 2. The number of amides is 2. The summed E-state index contributed by atoms with van der Waals surface area (Å²) in [4.78, 5) is 28.1. The predicted octanol–water partition coefficient (Wildman–Crippen LogP) is 2.33. The second kappa shape index (κ2) is 6.51. The lowest BCUT2D eigenvalue weighted by atomic mass is 9.93. The molecule has 120 valence electrons. The Morgan fingerprint density at radius 2 is 1.82 bits per heavy atom. The van der Waals surface area contributed by atoms with Crippen LogP contribution < -0.4 is 0 Å². The van der Waals surface area contributed by atoms with Crippen molar-refractivity contribution in [3.63, 3.8) is 0 Å². The van der Waals surface area contributed by atoms with Gasteiger partial charge < -0.3 is 9.80 Å². The molecule has 0 spiro atoms. The smallest absolute Gasteiger partial charge is 0.226 e. The largest absolute Gasteiger partial charge is 0.339 e. The van der Waals surface area contributed by atoms with Crippen molar-refractivity contribution < 1.29 is 9.59 Å². The van der Waals surface area contributed by atoms with Crippen LogP contribution in [-0.2, 0) is 16.0 Å². The monoisotopic (exact) mass is 302 g/mol. The first kappa shape index (κ1) is 16.5. The van der Waals surface area contributed by atoms with Crippen LogP contribution in [0.25, 0.3) is 0 Å². The molecule has 0 unspecified atom stereocenters. The Labute approximate surface area is 133 Å². The van der Waals surface area contributed by atoms with Gasteiger partial charge in [-0.25, -0.2) is 0 Å². The molecule has 1 atom stereocenters. The summed E-state index contributed by atoms with van der Waals surface area (Å²) in [7, 11) is 0. The minimum absolute atomic E-state index is 0.0504. The fraction of sp³-hybridized carbons (Fsp3) is 0.556. The van der Waals surface area contributed by atoms with Gasteiger partial charge in [0.25, 0.3) is 0 Å². The summed E-state index contributed by atoms with van der Waals surface area (Å²) in [6.07, 6.45) is 0.753. The van der Waals surface area contributed by atoms with Crippen LogP contribution in [0.3, 0.4) is 0 Å². The highest BCUT2D eigenvalue weighted by Gasteiger charge is 2.38. The lowest BCUT2D eigenvalue weighted by Crippen LogP contribution is -2.62. The molecular weight excluding hydrogens is 276 g/mol. The minimum Gasteiger partial charge on any atom is -0.339 e. The Kier molecular flexibility index (Phi) is 4.89. The van der Waals surface area contributed by atoms with E-state index in [0.717, 1.165) is 6.42 Å². The van der Waals surface area contributed by atoms with E-state index in [1.54, 1.807) is 6.92 Å². The standard InChI is InChI=1S/C18H26N2O2/c1-14(12-16-8-6-5-7-9-16)17(22)20-11-10-19(15(2)21)13-18(20,3)4/h5-9,14H,10-13H2,1-4H3/t14-/m1/s1. The summed E-state index contributed by atoms with van der Waals surface area (Å²) < 4.78 is 0. The van der Waals surface area contributed by atoms with Crippen molar-refractivity contribution in [2.24, 2.45) is 5.92 Å². The molecule has 0 aromatic heterocycles. The average molecular weight is 302 g/mol. The molecule has 4 nitrogen and oxygen atoms in total. The second-order valence-corrected chi connectivity index (χ2v) is 6.83. The molecule has 1 fully saturated rings. The van der Waals surface area contributed by atoms with Gasteiger partial charge in [-0.05, 0) is 25.8 Å². The summed E-state index contributed by atoms with van der Waals surface area (Å²) in [6, 6.07) is 10.1. The first-order valence-electron chi connectivity index (χ1n) is 7.92. The zero-order valence-corrected chi connectivity index (χ0v) is 14.0. The summed E-state index contributed by atoms with van der Waals surface area (Å²) in [5.74, 6) is 0.208. The molecule has 2 rings (SSSR count). The lowest BCUT2D eigenvalue weighted by molar-refractivity contribution is -0.149. The number of carbonyl (C=O) groups is 2. The molecule has 0 bridgehead atoms. The molecule has 1 aliphatic heterocycles. The number of hydrogen-bond donors (Lipinski definition) is 0. The van der Waals surface area contributed by atoms with Gasteiger partial charge in [-0.15, -0.1) is 0 Å². The van der Waals surface area contributed by atoms with Crippen molar-refractivity contribution in [1.82, 2.24) is 9.80 Å². The molecule has 0 N–H and O–H groups in total. The second-order valence-electron chi connectivity index (χ2n) is 6.83. The van der Waals surface area contributed by atoms with E-state index in [-0.39, 0.29) is 23.3 Å². The Morgan fingerprint density at radius 3 is 2.36 bits per heavy atom. The van der Waals surface area contributed by atoms with E-state index in [0.29, 0.717) is 19.6 Å². The summed E-state index contributed by atoms with van der Waals surface area (Å²) in [6.45, 7) is 9.50. The van der Waals surface area contributed by atoms with Crippen LogP contribution in [0.5, 0.6) is 0 Å². The van der Waals surface area contributed by atoms with E-state index in [2.05, 4.69) is 12.1 Å². The van der Waals surface area contributed by atoms with Crippen molar-refractivity contribution in [2.75, 3.05) is 19.6 Å². The van der Waals surface area contributed by atoms with E-state index < -0.39 is 0 Å². The molecule has 1 aromatic carbocycles. The molecule has 22 heavy (non-hydrogen) atoms. The van der Waals surface area contributed by atoms with Crippen LogP contribution in [-0.4, -0.2) is 46.8 Å². The SMILES string of the molecule is CC(=O)N1CCN(C(=O)[C@H](C)Cc2ccccc2)C(C)(C)C1. The molecular formula is C18H26N2O2. The normalized spacial score (nSPS) is 18.9. The van der Waals surface area contributed by atoms with Crippen LogP contribution in [0.2, 0.25) is 0 Å². The van der Waals surface area contributed by atoms with Crippen molar-refractivity contribution in [3.05, 3.63) is 35.9 Å². The van der Waals surface area contributed by atoms with Gasteiger partial charge in [0.2, 0.25) is 11.8 Å². The van der Waals surface area contributed by atoms with Crippen molar-refractivity contribution >= 4 is 11.8 Å². The minimum atomic E-state index is -0.314. The molecule has 1 aliphatic rings. The maximum Gasteiger partial charge on any atom is 0.226 e. The highest BCUT2D eigenvalue weighted by atomic mass is 16.2. The third kappa shape index (κ3) is 3.67. The Hall–Kier alpha value is -1.84. The van der Waals surface area contributed by atoms with Crippen LogP contribution in [0, 0.1) is 5.92 Å². The van der Waals surface area contributed by atoms with Gasteiger partial charge in [0.05, 0.1) is 5.54 Å². The molecule has 0 saturated carbocycles. The molecule has 4 heteroatoms. The van der Waals surface area contributed by atoms with Crippen molar-refractivity contribution in [1.29, 1.82) is 0 Å². The zero-order chi connectivity index (χ0) is 16.3.